The van der Waals surface area contributed by atoms with Crippen LogP contribution >= 0.6 is 0 Å². The molecular formula is C13H21NO. The Labute approximate surface area is 92.7 Å². The Bertz CT molecular complexity index is 279. The number of aromatic nitrogens is 1. The van der Waals surface area contributed by atoms with Crippen LogP contribution in [0.25, 0.3) is 0 Å². The number of aryl methyl sites for hydroxylation is 1. The molecule has 0 N–H and O–H groups in total. The molecule has 0 aliphatic heterocycles. The standard InChI is InChI=1S/C13H21NO/c1-5-6-12-7-8-13(9-14-12)15-11(4)10(2)3/h7-11H,5-6H2,1-4H3/t11-/m1/s1. The summed E-state index contributed by atoms with van der Waals surface area (Å²) in [4.78, 5) is 4.36. The van der Waals surface area contributed by atoms with Crippen molar-refractivity contribution < 1.29 is 4.74 Å². The molecule has 1 aromatic heterocycles. The van der Waals surface area contributed by atoms with Gasteiger partial charge in [-0.2, -0.15) is 0 Å². The van der Waals surface area contributed by atoms with Crippen LogP contribution in [-0.2, 0) is 6.42 Å². The smallest absolute Gasteiger partial charge is 0.138 e. The van der Waals surface area contributed by atoms with Gasteiger partial charge in [0.2, 0.25) is 0 Å². The highest BCUT2D eigenvalue weighted by molar-refractivity contribution is 5.20. The van der Waals surface area contributed by atoms with Crippen molar-refractivity contribution in [3.63, 3.8) is 0 Å². The van der Waals surface area contributed by atoms with Crippen molar-refractivity contribution in [2.75, 3.05) is 0 Å². The number of hydrogen-bond donors (Lipinski definition) is 0. The average molecular weight is 207 g/mol. The molecule has 1 rings (SSSR count). The topological polar surface area (TPSA) is 22.1 Å². The second-order valence-electron chi connectivity index (χ2n) is 4.30. The Kier molecular flexibility index (Phi) is 4.60. The minimum absolute atomic E-state index is 0.240. The highest BCUT2D eigenvalue weighted by Crippen LogP contribution is 2.15. The maximum Gasteiger partial charge on any atom is 0.138 e. The van der Waals surface area contributed by atoms with Gasteiger partial charge in [0.05, 0.1) is 12.3 Å². The molecule has 0 fully saturated rings. The summed E-state index contributed by atoms with van der Waals surface area (Å²) in [5, 5.41) is 0. The second-order valence-corrected chi connectivity index (χ2v) is 4.30. The number of ether oxygens (including phenoxy) is 1. The van der Waals surface area contributed by atoms with Gasteiger partial charge in [0.1, 0.15) is 5.75 Å². The lowest BCUT2D eigenvalue weighted by Gasteiger charge is -2.17. The van der Waals surface area contributed by atoms with Crippen LogP contribution in [0.5, 0.6) is 5.75 Å². The molecule has 0 spiro atoms. The number of nitrogens with zero attached hydrogens (tertiary/aromatic N) is 1. The summed E-state index contributed by atoms with van der Waals surface area (Å²) in [6, 6.07) is 4.06. The summed E-state index contributed by atoms with van der Waals surface area (Å²) in [7, 11) is 0. The maximum absolute atomic E-state index is 5.75. The molecule has 2 heteroatoms. The molecule has 0 amide bonds. The lowest BCUT2D eigenvalue weighted by Crippen LogP contribution is -2.18. The minimum Gasteiger partial charge on any atom is -0.489 e. The van der Waals surface area contributed by atoms with Crippen molar-refractivity contribution in [2.24, 2.45) is 5.92 Å². The molecule has 15 heavy (non-hydrogen) atoms. The summed E-state index contributed by atoms with van der Waals surface area (Å²) >= 11 is 0. The third kappa shape index (κ3) is 3.90. The first-order valence-corrected chi connectivity index (χ1v) is 5.75. The van der Waals surface area contributed by atoms with E-state index in [0.29, 0.717) is 5.92 Å². The number of rotatable bonds is 5. The first-order chi connectivity index (χ1) is 7.13. The van der Waals surface area contributed by atoms with Gasteiger partial charge < -0.3 is 4.74 Å². The SMILES string of the molecule is CCCc1ccc(O[C@H](C)C(C)C)cn1. The number of hydrogen-bond acceptors (Lipinski definition) is 2. The summed E-state index contributed by atoms with van der Waals surface area (Å²) in [6.45, 7) is 8.56. The second kappa shape index (κ2) is 5.74. The molecule has 1 atom stereocenters. The van der Waals surface area contributed by atoms with Crippen LogP contribution in [0.2, 0.25) is 0 Å². The van der Waals surface area contributed by atoms with E-state index in [0.717, 1.165) is 24.3 Å². The van der Waals surface area contributed by atoms with Crippen LogP contribution in [-0.4, -0.2) is 11.1 Å². The third-order valence-electron chi connectivity index (χ3n) is 2.56. The van der Waals surface area contributed by atoms with Crippen molar-refractivity contribution in [1.82, 2.24) is 4.98 Å². The monoisotopic (exact) mass is 207 g/mol. The van der Waals surface area contributed by atoms with E-state index in [9.17, 15) is 0 Å². The van der Waals surface area contributed by atoms with E-state index >= 15 is 0 Å². The van der Waals surface area contributed by atoms with Gasteiger partial charge >= 0.3 is 0 Å². The third-order valence-corrected chi connectivity index (χ3v) is 2.56. The highest BCUT2D eigenvalue weighted by Gasteiger charge is 2.08. The zero-order chi connectivity index (χ0) is 11.3. The first kappa shape index (κ1) is 12.0. The fourth-order valence-electron chi connectivity index (χ4n) is 1.24. The molecule has 0 aliphatic rings. The maximum atomic E-state index is 5.75. The van der Waals surface area contributed by atoms with Gasteiger partial charge in [-0.15, -0.1) is 0 Å². The Morgan fingerprint density at radius 1 is 1.27 bits per heavy atom. The Balaban J connectivity index is 2.56. The lowest BCUT2D eigenvalue weighted by molar-refractivity contribution is 0.170. The predicted octanol–water partition coefficient (Wildman–Crippen LogP) is 3.46. The van der Waals surface area contributed by atoms with Crippen LogP contribution in [0.3, 0.4) is 0 Å². The predicted molar refractivity (Wildman–Crippen MR) is 63.2 cm³/mol. The van der Waals surface area contributed by atoms with Gasteiger partial charge in [-0.05, 0) is 31.4 Å². The van der Waals surface area contributed by atoms with Crippen molar-refractivity contribution in [1.29, 1.82) is 0 Å². The quantitative estimate of drug-likeness (QED) is 0.737. The van der Waals surface area contributed by atoms with Gasteiger partial charge in [-0.25, -0.2) is 0 Å². The molecule has 1 aromatic rings. The Morgan fingerprint density at radius 3 is 2.47 bits per heavy atom. The molecular weight excluding hydrogens is 186 g/mol. The zero-order valence-electron chi connectivity index (χ0n) is 10.2. The summed E-state index contributed by atoms with van der Waals surface area (Å²) < 4.78 is 5.75. The highest BCUT2D eigenvalue weighted by atomic mass is 16.5. The van der Waals surface area contributed by atoms with Crippen molar-refractivity contribution in [3.05, 3.63) is 24.0 Å². The lowest BCUT2D eigenvalue weighted by atomic mass is 10.1. The van der Waals surface area contributed by atoms with Gasteiger partial charge in [0.25, 0.3) is 0 Å². The molecule has 2 nitrogen and oxygen atoms in total. The van der Waals surface area contributed by atoms with Crippen LogP contribution in [0.15, 0.2) is 18.3 Å². The van der Waals surface area contributed by atoms with Crippen molar-refractivity contribution in [3.8, 4) is 5.75 Å². The molecule has 0 aliphatic carbocycles. The fourth-order valence-corrected chi connectivity index (χ4v) is 1.24. The van der Waals surface area contributed by atoms with Crippen LogP contribution in [0.4, 0.5) is 0 Å². The van der Waals surface area contributed by atoms with E-state index in [1.165, 1.54) is 0 Å². The fraction of sp³-hybridized carbons (Fsp3) is 0.615. The van der Waals surface area contributed by atoms with E-state index in [1.807, 2.05) is 18.3 Å². The van der Waals surface area contributed by atoms with Crippen LogP contribution in [0.1, 0.15) is 39.8 Å². The first-order valence-electron chi connectivity index (χ1n) is 5.75. The van der Waals surface area contributed by atoms with Gasteiger partial charge in [-0.3, -0.25) is 4.98 Å². The zero-order valence-corrected chi connectivity index (χ0v) is 10.2. The van der Waals surface area contributed by atoms with Gasteiger partial charge in [-0.1, -0.05) is 27.2 Å². The molecule has 0 saturated carbocycles. The summed E-state index contributed by atoms with van der Waals surface area (Å²) in [5.74, 6) is 1.40. The largest absolute Gasteiger partial charge is 0.489 e. The van der Waals surface area contributed by atoms with Crippen LogP contribution in [0, 0.1) is 5.92 Å². The minimum atomic E-state index is 0.240. The Hall–Kier alpha value is -1.05. The van der Waals surface area contributed by atoms with E-state index in [-0.39, 0.29) is 6.10 Å². The van der Waals surface area contributed by atoms with Crippen molar-refractivity contribution >= 4 is 0 Å². The molecule has 0 bridgehead atoms. The molecule has 0 radical (unpaired) electrons. The summed E-state index contributed by atoms with van der Waals surface area (Å²) in [6.07, 6.45) is 4.24. The van der Waals surface area contributed by atoms with E-state index in [4.69, 9.17) is 4.74 Å². The molecule has 0 unspecified atom stereocenters. The molecule has 1 heterocycles. The van der Waals surface area contributed by atoms with Crippen LogP contribution < -0.4 is 4.74 Å². The molecule has 0 aromatic carbocycles. The molecule has 0 saturated heterocycles. The molecule has 84 valence electrons. The average Bonchev–Trinajstić information content (AvgIpc) is 2.21. The van der Waals surface area contributed by atoms with Gasteiger partial charge in [0.15, 0.2) is 0 Å². The van der Waals surface area contributed by atoms with Crippen molar-refractivity contribution in [2.45, 2.75) is 46.6 Å². The Morgan fingerprint density at radius 2 is 2.00 bits per heavy atom. The van der Waals surface area contributed by atoms with E-state index in [1.54, 1.807) is 0 Å². The van der Waals surface area contributed by atoms with E-state index < -0.39 is 0 Å². The number of pyridine rings is 1. The van der Waals surface area contributed by atoms with E-state index in [2.05, 4.69) is 32.7 Å². The summed E-state index contributed by atoms with van der Waals surface area (Å²) in [5.41, 5.74) is 1.14. The normalized spacial score (nSPS) is 12.9. The van der Waals surface area contributed by atoms with Gasteiger partial charge in [0, 0.05) is 5.69 Å².